The Labute approximate surface area is 75.7 Å². The van der Waals surface area contributed by atoms with E-state index in [9.17, 15) is 4.79 Å². The zero-order chi connectivity index (χ0) is 9.52. The van der Waals surface area contributed by atoms with Crippen LogP contribution in [0.5, 0.6) is 5.88 Å². The van der Waals surface area contributed by atoms with Crippen molar-refractivity contribution >= 4 is 5.97 Å². The Morgan fingerprint density at radius 3 is 3.08 bits per heavy atom. The lowest BCUT2D eigenvalue weighted by atomic mass is 10.5. The van der Waals surface area contributed by atoms with Gasteiger partial charge in [0.2, 0.25) is 5.88 Å². The van der Waals surface area contributed by atoms with Crippen LogP contribution in [0.4, 0.5) is 0 Å². The second-order valence-corrected chi connectivity index (χ2v) is 2.22. The van der Waals surface area contributed by atoms with E-state index in [2.05, 4.69) is 14.7 Å². The van der Waals surface area contributed by atoms with E-state index in [0.29, 0.717) is 5.88 Å². The molecule has 5 nitrogen and oxygen atoms in total. The molecule has 70 valence electrons. The van der Waals surface area contributed by atoms with Gasteiger partial charge in [0.05, 0.1) is 13.5 Å². The molecule has 0 atom stereocenters. The monoisotopic (exact) mass is 182 g/mol. The molecule has 0 fully saturated rings. The van der Waals surface area contributed by atoms with Gasteiger partial charge in [0.1, 0.15) is 12.9 Å². The molecule has 0 aliphatic rings. The summed E-state index contributed by atoms with van der Waals surface area (Å²) < 4.78 is 9.56. The van der Waals surface area contributed by atoms with Crippen molar-refractivity contribution in [3.05, 3.63) is 18.6 Å². The van der Waals surface area contributed by atoms with Crippen LogP contribution < -0.4 is 4.74 Å². The highest BCUT2D eigenvalue weighted by atomic mass is 16.5. The summed E-state index contributed by atoms with van der Waals surface area (Å²) in [7, 11) is 1.34. The predicted molar refractivity (Wildman–Crippen MR) is 44.2 cm³/mol. The number of carbonyl (C=O) groups excluding carboxylic acids is 1. The summed E-state index contributed by atoms with van der Waals surface area (Å²) in [4.78, 5) is 18.2. The summed E-state index contributed by atoms with van der Waals surface area (Å²) in [5, 5.41) is 0. The van der Waals surface area contributed by atoms with E-state index in [1.807, 2.05) is 0 Å². The average molecular weight is 182 g/mol. The van der Waals surface area contributed by atoms with Gasteiger partial charge in [-0.25, -0.2) is 9.97 Å². The molecule has 5 heteroatoms. The van der Waals surface area contributed by atoms with Gasteiger partial charge in [-0.2, -0.15) is 0 Å². The Morgan fingerprint density at radius 1 is 1.62 bits per heavy atom. The summed E-state index contributed by atoms with van der Waals surface area (Å²) in [6.45, 7) is 0.268. The molecular formula is C8H10N2O3. The molecule has 1 aromatic rings. The third-order valence-electron chi connectivity index (χ3n) is 1.34. The first kappa shape index (κ1) is 9.44. The Hall–Kier alpha value is -1.65. The van der Waals surface area contributed by atoms with Crippen molar-refractivity contribution in [3.63, 3.8) is 0 Å². The first-order chi connectivity index (χ1) is 6.33. The zero-order valence-electron chi connectivity index (χ0n) is 7.27. The fraction of sp³-hybridized carbons (Fsp3) is 0.375. The fourth-order valence-electron chi connectivity index (χ4n) is 0.705. The number of carbonyl (C=O) groups is 1. The lowest BCUT2D eigenvalue weighted by Gasteiger charge is -2.02. The normalized spacial score (nSPS) is 9.31. The minimum Gasteiger partial charge on any atom is -0.477 e. The summed E-state index contributed by atoms with van der Waals surface area (Å²) in [5.41, 5.74) is 0. The highest BCUT2D eigenvalue weighted by molar-refractivity contribution is 5.69. The lowest BCUT2D eigenvalue weighted by Crippen LogP contribution is -2.08. The molecule has 1 aromatic heterocycles. The first-order valence-corrected chi connectivity index (χ1v) is 3.78. The predicted octanol–water partition coefficient (Wildman–Crippen LogP) is 0.418. The molecule has 0 aromatic carbocycles. The second-order valence-electron chi connectivity index (χ2n) is 2.22. The number of aromatic nitrogens is 2. The van der Waals surface area contributed by atoms with Crippen LogP contribution in [0.1, 0.15) is 6.42 Å². The van der Waals surface area contributed by atoms with E-state index in [1.165, 1.54) is 13.4 Å². The molecule has 1 heterocycles. The minimum absolute atomic E-state index is 0.223. The van der Waals surface area contributed by atoms with E-state index in [-0.39, 0.29) is 19.0 Å². The van der Waals surface area contributed by atoms with Gasteiger partial charge >= 0.3 is 5.97 Å². The molecule has 13 heavy (non-hydrogen) atoms. The first-order valence-electron chi connectivity index (χ1n) is 3.78. The number of esters is 1. The van der Waals surface area contributed by atoms with Gasteiger partial charge in [-0.15, -0.1) is 0 Å². The molecule has 0 aliphatic heterocycles. The van der Waals surface area contributed by atoms with Crippen molar-refractivity contribution in [2.45, 2.75) is 6.42 Å². The smallest absolute Gasteiger partial charge is 0.308 e. The van der Waals surface area contributed by atoms with Gasteiger partial charge < -0.3 is 9.47 Å². The Morgan fingerprint density at radius 2 is 2.46 bits per heavy atom. The molecule has 0 radical (unpaired) electrons. The van der Waals surface area contributed by atoms with Gasteiger partial charge in [-0.1, -0.05) is 0 Å². The maximum Gasteiger partial charge on any atom is 0.308 e. The summed E-state index contributed by atoms with van der Waals surface area (Å²) in [6, 6.07) is 1.62. The van der Waals surface area contributed by atoms with E-state index in [0.717, 1.165) is 0 Å². The average Bonchev–Trinajstić information content (AvgIpc) is 2.19. The molecule has 0 aliphatic carbocycles. The standard InChI is InChI=1S/C8H10N2O3/c1-12-8(11)3-5-13-7-2-4-9-6-10-7/h2,4,6H,3,5H2,1H3. The molecule has 0 unspecified atom stereocenters. The molecule has 0 amide bonds. The Kier molecular flexibility index (Phi) is 3.69. The van der Waals surface area contributed by atoms with Crippen LogP contribution in [0, 0.1) is 0 Å². The van der Waals surface area contributed by atoms with Crippen molar-refractivity contribution in [2.75, 3.05) is 13.7 Å². The summed E-state index contributed by atoms with van der Waals surface area (Å²) in [5.74, 6) is 0.160. The number of nitrogens with zero attached hydrogens (tertiary/aromatic N) is 2. The van der Waals surface area contributed by atoms with Crippen LogP contribution >= 0.6 is 0 Å². The third kappa shape index (κ3) is 3.50. The largest absolute Gasteiger partial charge is 0.477 e. The van der Waals surface area contributed by atoms with Gasteiger partial charge in [-0.3, -0.25) is 4.79 Å². The van der Waals surface area contributed by atoms with E-state index in [1.54, 1.807) is 12.3 Å². The maximum atomic E-state index is 10.7. The van der Waals surface area contributed by atoms with Crippen LogP contribution in [0.15, 0.2) is 18.6 Å². The van der Waals surface area contributed by atoms with Gasteiger partial charge in [0.25, 0.3) is 0 Å². The van der Waals surface area contributed by atoms with E-state index in [4.69, 9.17) is 4.74 Å². The van der Waals surface area contributed by atoms with Gasteiger partial charge in [0, 0.05) is 12.3 Å². The van der Waals surface area contributed by atoms with Crippen molar-refractivity contribution in [2.24, 2.45) is 0 Å². The maximum absolute atomic E-state index is 10.7. The quantitative estimate of drug-likeness (QED) is 0.631. The highest BCUT2D eigenvalue weighted by Gasteiger charge is 2.00. The SMILES string of the molecule is COC(=O)CCOc1ccncn1. The molecule has 0 N–H and O–H groups in total. The number of ether oxygens (including phenoxy) is 2. The van der Waals surface area contributed by atoms with Crippen LogP contribution in [0.3, 0.4) is 0 Å². The van der Waals surface area contributed by atoms with E-state index >= 15 is 0 Å². The van der Waals surface area contributed by atoms with Crippen LogP contribution in [-0.2, 0) is 9.53 Å². The third-order valence-corrected chi connectivity index (χ3v) is 1.34. The van der Waals surface area contributed by atoms with Gasteiger partial charge in [-0.05, 0) is 0 Å². The molecule has 0 saturated heterocycles. The molecular weight excluding hydrogens is 172 g/mol. The molecule has 0 bridgehead atoms. The fourth-order valence-corrected chi connectivity index (χ4v) is 0.705. The van der Waals surface area contributed by atoms with Crippen molar-refractivity contribution < 1.29 is 14.3 Å². The van der Waals surface area contributed by atoms with Crippen LogP contribution in [0.25, 0.3) is 0 Å². The van der Waals surface area contributed by atoms with Crippen LogP contribution in [-0.4, -0.2) is 29.7 Å². The molecule has 1 rings (SSSR count). The Balaban J connectivity index is 2.24. The zero-order valence-corrected chi connectivity index (χ0v) is 7.27. The summed E-state index contributed by atoms with van der Waals surface area (Å²) >= 11 is 0. The highest BCUT2D eigenvalue weighted by Crippen LogP contribution is 2.01. The van der Waals surface area contributed by atoms with Crippen molar-refractivity contribution in [1.29, 1.82) is 0 Å². The molecule has 0 saturated carbocycles. The minimum atomic E-state index is -0.297. The van der Waals surface area contributed by atoms with Crippen LogP contribution in [0.2, 0.25) is 0 Å². The van der Waals surface area contributed by atoms with E-state index < -0.39 is 0 Å². The van der Waals surface area contributed by atoms with Crippen molar-refractivity contribution in [3.8, 4) is 5.88 Å². The number of hydrogen-bond donors (Lipinski definition) is 0. The van der Waals surface area contributed by atoms with Crippen molar-refractivity contribution in [1.82, 2.24) is 9.97 Å². The Bertz CT molecular complexity index is 263. The summed E-state index contributed by atoms with van der Waals surface area (Å²) in [6.07, 6.45) is 3.18. The number of hydrogen-bond acceptors (Lipinski definition) is 5. The number of methoxy groups -OCH3 is 1. The second kappa shape index (κ2) is 5.08. The van der Waals surface area contributed by atoms with Gasteiger partial charge in [0.15, 0.2) is 0 Å². The molecule has 0 spiro atoms. The number of rotatable bonds is 4. The lowest BCUT2D eigenvalue weighted by molar-refractivity contribution is -0.141. The topological polar surface area (TPSA) is 61.3 Å².